The summed E-state index contributed by atoms with van der Waals surface area (Å²) in [7, 11) is 0. The van der Waals surface area contributed by atoms with Crippen molar-refractivity contribution in [2.45, 2.75) is 92.3 Å². The fraction of sp³-hybridized carbons (Fsp3) is 0.941. The Bertz CT molecular complexity index is 284. The quantitative estimate of drug-likeness (QED) is 0.670. The SMILES string of the molecule is CC(C)NCCCCC(NC(C)(C)C)C(=O)C(C)(C)C. The normalized spacial score (nSPS) is 14.7. The van der Waals surface area contributed by atoms with Crippen molar-refractivity contribution in [2.75, 3.05) is 6.54 Å². The molecule has 0 rings (SSSR count). The molecule has 0 fully saturated rings. The maximum atomic E-state index is 12.5. The van der Waals surface area contributed by atoms with Crippen LogP contribution in [0.4, 0.5) is 0 Å². The van der Waals surface area contributed by atoms with E-state index in [2.05, 4.69) is 45.3 Å². The predicted octanol–water partition coefficient (Wildman–Crippen LogP) is 3.53. The topological polar surface area (TPSA) is 41.1 Å². The van der Waals surface area contributed by atoms with Crippen LogP contribution >= 0.6 is 0 Å². The summed E-state index contributed by atoms with van der Waals surface area (Å²) in [5.74, 6) is 0.323. The minimum atomic E-state index is -0.279. The minimum absolute atomic E-state index is 0.0260. The molecule has 20 heavy (non-hydrogen) atoms. The van der Waals surface area contributed by atoms with Crippen molar-refractivity contribution in [3.05, 3.63) is 0 Å². The van der Waals surface area contributed by atoms with Crippen molar-refractivity contribution in [1.29, 1.82) is 0 Å². The van der Waals surface area contributed by atoms with Gasteiger partial charge in [0.05, 0.1) is 6.04 Å². The van der Waals surface area contributed by atoms with E-state index in [0.29, 0.717) is 11.8 Å². The molecule has 0 aliphatic rings. The lowest BCUT2D eigenvalue weighted by atomic mass is 9.84. The van der Waals surface area contributed by atoms with Crippen LogP contribution in [0.3, 0.4) is 0 Å². The number of unbranched alkanes of at least 4 members (excludes halogenated alkanes) is 1. The third-order valence-corrected chi connectivity index (χ3v) is 3.14. The van der Waals surface area contributed by atoms with Crippen LogP contribution in [0.5, 0.6) is 0 Å². The van der Waals surface area contributed by atoms with Crippen LogP contribution in [-0.4, -0.2) is 30.0 Å². The molecule has 0 aromatic heterocycles. The van der Waals surface area contributed by atoms with Gasteiger partial charge in [0, 0.05) is 17.0 Å². The molecule has 0 spiro atoms. The molecule has 0 saturated carbocycles. The molecule has 1 atom stereocenters. The van der Waals surface area contributed by atoms with E-state index in [1.807, 2.05) is 20.8 Å². The summed E-state index contributed by atoms with van der Waals surface area (Å²) in [4.78, 5) is 12.5. The first-order chi connectivity index (χ1) is 8.93. The highest BCUT2D eigenvalue weighted by atomic mass is 16.1. The Morgan fingerprint density at radius 2 is 1.55 bits per heavy atom. The first-order valence-electron chi connectivity index (χ1n) is 7.99. The standard InChI is InChI=1S/C17H36N2O/c1-13(2)18-12-10-9-11-14(19-17(6,7)8)15(20)16(3,4)5/h13-14,18-19H,9-12H2,1-8H3. The van der Waals surface area contributed by atoms with Gasteiger partial charge in [-0.25, -0.2) is 0 Å². The van der Waals surface area contributed by atoms with E-state index in [1.165, 1.54) is 0 Å². The molecule has 2 N–H and O–H groups in total. The van der Waals surface area contributed by atoms with E-state index in [4.69, 9.17) is 0 Å². The van der Waals surface area contributed by atoms with Crippen molar-refractivity contribution in [1.82, 2.24) is 10.6 Å². The highest BCUT2D eigenvalue weighted by molar-refractivity contribution is 5.88. The number of nitrogens with one attached hydrogen (secondary N) is 2. The third kappa shape index (κ3) is 9.49. The van der Waals surface area contributed by atoms with Gasteiger partial charge in [0.1, 0.15) is 0 Å². The average molecular weight is 284 g/mol. The number of carbonyl (C=O) groups excluding carboxylic acids is 1. The first kappa shape index (κ1) is 19.6. The second-order valence-corrected chi connectivity index (χ2v) is 8.17. The molecule has 0 aliphatic carbocycles. The van der Waals surface area contributed by atoms with Crippen LogP contribution in [-0.2, 0) is 4.79 Å². The lowest BCUT2D eigenvalue weighted by Gasteiger charge is -2.32. The average Bonchev–Trinajstić information content (AvgIpc) is 2.22. The van der Waals surface area contributed by atoms with Crippen molar-refractivity contribution < 1.29 is 4.79 Å². The summed E-state index contributed by atoms with van der Waals surface area (Å²) in [6, 6.07) is 0.503. The van der Waals surface area contributed by atoms with Gasteiger partial charge in [-0.2, -0.15) is 0 Å². The molecular formula is C17H36N2O. The Balaban J connectivity index is 4.37. The molecule has 0 amide bonds. The molecule has 0 heterocycles. The number of ketones is 1. The molecule has 3 heteroatoms. The van der Waals surface area contributed by atoms with Gasteiger partial charge in [-0.15, -0.1) is 0 Å². The number of hydrogen-bond acceptors (Lipinski definition) is 3. The van der Waals surface area contributed by atoms with Gasteiger partial charge in [0.2, 0.25) is 0 Å². The molecule has 0 saturated heterocycles. The molecule has 0 aromatic rings. The number of rotatable bonds is 8. The maximum Gasteiger partial charge on any atom is 0.155 e. The fourth-order valence-corrected chi connectivity index (χ4v) is 2.18. The second-order valence-electron chi connectivity index (χ2n) is 8.17. The van der Waals surface area contributed by atoms with Gasteiger partial charge in [0.15, 0.2) is 5.78 Å². The lowest BCUT2D eigenvalue weighted by Crippen LogP contribution is -2.50. The summed E-state index contributed by atoms with van der Waals surface area (Å²) >= 11 is 0. The summed E-state index contributed by atoms with van der Waals surface area (Å²) in [5, 5.41) is 6.91. The van der Waals surface area contributed by atoms with Crippen LogP contribution in [0.15, 0.2) is 0 Å². The Hall–Kier alpha value is -0.410. The Labute approximate surface area is 126 Å². The zero-order chi connectivity index (χ0) is 16.0. The zero-order valence-electron chi connectivity index (χ0n) is 14.9. The van der Waals surface area contributed by atoms with Crippen LogP contribution in [0.25, 0.3) is 0 Å². The Kier molecular flexibility index (Phi) is 7.97. The van der Waals surface area contributed by atoms with E-state index in [1.54, 1.807) is 0 Å². The van der Waals surface area contributed by atoms with Crippen LogP contribution in [0, 0.1) is 5.41 Å². The highest BCUT2D eigenvalue weighted by Gasteiger charge is 2.31. The lowest BCUT2D eigenvalue weighted by molar-refractivity contribution is -0.129. The minimum Gasteiger partial charge on any atom is -0.315 e. The van der Waals surface area contributed by atoms with Gasteiger partial charge in [-0.05, 0) is 40.2 Å². The van der Waals surface area contributed by atoms with Gasteiger partial charge < -0.3 is 10.6 Å². The van der Waals surface area contributed by atoms with Crippen LogP contribution in [0.2, 0.25) is 0 Å². The fourth-order valence-electron chi connectivity index (χ4n) is 2.18. The van der Waals surface area contributed by atoms with E-state index < -0.39 is 0 Å². The van der Waals surface area contributed by atoms with E-state index >= 15 is 0 Å². The van der Waals surface area contributed by atoms with Crippen molar-refractivity contribution >= 4 is 5.78 Å². The third-order valence-electron chi connectivity index (χ3n) is 3.14. The monoisotopic (exact) mass is 284 g/mol. The summed E-state index contributed by atoms with van der Waals surface area (Å²) in [6.07, 6.45) is 3.13. The van der Waals surface area contributed by atoms with Gasteiger partial charge in [0.25, 0.3) is 0 Å². The number of carbonyl (C=O) groups is 1. The van der Waals surface area contributed by atoms with Gasteiger partial charge in [-0.3, -0.25) is 4.79 Å². The van der Waals surface area contributed by atoms with Gasteiger partial charge in [-0.1, -0.05) is 41.0 Å². The number of hydrogen-bond donors (Lipinski definition) is 2. The van der Waals surface area contributed by atoms with E-state index in [9.17, 15) is 4.79 Å². The van der Waals surface area contributed by atoms with E-state index in [0.717, 1.165) is 25.8 Å². The van der Waals surface area contributed by atoms with Crippen molar-refractivity contribution in [2.24, 2.45) is 5.41 Å². The Morgan fingerprint density at radius 1 is 1.00 bits per heavy atom. The molecular weight excluding hydrogens is 248 g/mol. The van der Waals surface area contributed by atoms with Gasteiger partial charge >= 0.3 is 0 Å². The summed E-state index contributed by atoms with van der Waals surface area (Å²) in [5.41, 5.74) is -0.305. The highest BCUT2D eigenvalue weighted by Crippen LogP contribution is 2.21. The first-order valence-corrected chi connectivity index (χ1v) is 7.99. The maximum absolute atomic E-state index is 12.5. The van der Waals surface area contributed by atoms with E-state index in [-0.39, 0.29) is 17.0 Å². The summed E-state index contributed by atoms with van der Waals surface area (Å²) in [6.45, 7) is 17.7. The van der Waals surface area contributed by atoms with Crippen LogP contribution in [0.1, 0.15) is 74.7 Å². The van der Waals surface area contributed by atoms with Crippen LogP contribution < -0.4 is 10.6 Å². The van der Waals surface area contributed by atoms with Crippen molar-refractivity contribution in [3.8, 4) is 0 Å². The Morgan fingerprint density at radius 3 is 1.95 bits per heavy atom. The predicted molar refractivity (Wildman–Crippen MR) is 88.1 cm³/mol. The largest absolute Gasteiger partial charge is 0.315 e. The molecule has 3 nitrogen and oxygen atoms in total. The summed E-state index contributed by atoms with van der Waals surface area (Å²) < 4.78 is 0. The zero-order valence-corrected chi connectivity index (χ0v) is 14.9. The molecule has 0 aliphatic heterocycles. The smallest absolute Gasteiger partial charge is 0.155 e. The molecule has 0 bridgehead atoms. The molecule has 0 aromatic carbocycles. The molecule has 1 unspecified atom stereocenters. The molecule has 120 valence electrons. The number of Topliss-reactive ketones (excluding diaryl/α,β-unsaturated/α-hetero) is 1. The molecule has 0 radical (unpaired) electrons. The second kappa shape index (κ2) is 8.14. The van der Waals surface area contributed by atoms with Crippen molar-refractivity contribution in [3.63, 3.8) is 0 Å².